The van der Waals surface area contributed by atoms with Gasteiger partial charge in [0.05, 0.1) is 11.6 Å². The summed E-state index contributed by atoms with van der Waals surface area (Å²) in [6.45, 7) is 2.03. The molecule has 0 saturated carbocycles. The lowest BCUT2D eigenvalue weighted by Gasteiger charge is -2.18. The van der Waals surface area contributed by atoms with E-state index in [0.29, 0.717) is 0 Å². The maximum atomic E-state index is 12.5. The summed E-state index contributed by atoms with van der Waals surface area (Å²) < 4.78 is 39.3. The normalized spacial score (nSPS) is 17.7. The van der Waals surface area contributed by atoms with Crippen molar-refractivity contribution >= 4 is 11.9 Å². The van der Waals surface area contributed by atoms with Crippen LogP contribution in [0.25, 0.3) is 0 Å². The molecule has 2 aromatic rings. The Kier molecular flexibility index (Phi) is 3.83. The van der Waals surface area contributed by atoms with Crippen molar-refractivity contribution in [3.05, 3.63) is 41.2 Å². The molecule has 3 rings (SSSR count). The highest BCUT2D eigenvalue weighted by Gasteiger charge is 2.30. The van der Waals surface area contributed by atoms with Crippen LogP contribution in [-0.4, -0.2) is 20.7 Å². The van der Waals surface area contributed by atoms with E-state index < -0.39 is 17.6 Å². The summed E-state index contributed by atoms with van der Waals surface area (Å²) in [6, 6.07) is 4.25. The highest BCUT2D eigenvalue weighted by Crippen LogP contribution is 2.29. The molecule has 0 spiro atoms. The van der Waals surface area contributed by atoms with Crippen molar-refractivity contribution in [3.8, 4) is 0 Å². The molecule has 1 unspecified atom stereocenters. The lowest BCUT2D eigenvalue weighted by Crippen LogP contribution is -2.16. The SMILES string of the molecule is CC1CCCc2nc(NC(=O)c3ccc(C(F)(F)F)cc3)nn21. The topological polar surface area (TPSA) is 59.8 Å². The molecule has 1 aliphatic rings. The van der Waals surface area contributed by atoms with Crippen LogP contribution in [0.15, 0.2) is 24.3 Å². The van der Waals surface area contributed by atoms with Crippen LogP contribution in [0.3, 0.4) is 0 Å². The highest BCUT2D eigenvalue weighted by atomic mass is 19.4. The zero-order valence-electron chi connectivity index (χ0n) is 12.4. The monoisotopic (exact) mass is 324 g/mol. The van der Waals surface area contributed by atoms with Crippen molar-refractivity contribution in [2.45, 2.75) is 38.4 Å². The molecule has 1 aromatic heterocycles. The van der Waals surface area contributed by atoms with E-state index in [0.717, 1.165) is 49.4 Å². The minimum atomic E-state index is -4.42. The number of hydrogen-bond acceptors (Lipinski definition) is 3. The first-order chi connectivity index (χ1) is 10.8. The van der Waals surface area contributed by atoms with Gasteiger partial charge in [-0.15, -0.1) is 5.10 Å². The van der Waals surface area contributed by atoms with Gasteiger partial charge in [0.25, 0.3) is 5.91 Å². The van der Waals surface area contributed by atoms with E-state index in [1.165, 1.54) is 0 Å². The zero-order valence-corrected chi connectivity index (χ0v) is 12.4. The van der Waals surface area contributed by atoms with Gasteiger partial charge in [-0.05, 0) is 44.0 Å². The van der Waals surface area contributed by atoms with E-state index in [1.54, 1.807) is 4.68 Å². The first-order valence-corrected chi connectivity index (χ1v) is 7.28. The van der Waals surface area contributed by atoms with Gasteiger partial charge in [0.15, 0.2) is 0 Å². The molecule has 1 amide bonds. The van der Waals surface area contributed by atoms with Gasteiger partial charge in [-0.3, -0.25) is 10.1 Å². The first-order valence-electron chi connectivity index (χ1n) is 7.28. The van der Waals surface area contributed by atoms with Gasteiger partial charge < -0.3 is 0 Å². The van der Waals surface area contributed by atoms with Gasteiger partial charge >= 0.3 is 6.18 Å². The summed E-state index contributed by atoms with van der Waals surface area (Å²) in [4.78, 5) is 16.4. The molecule has 8 heteroatoms. The Morgan fingerprint density at radius 2 is 2.00 bits per heavy atom. The van der Waals surface area contributed by atoms with Crippen LogP contribution >= 0.6 is 0 Å². The van der Waals surface area contributed by atoms with Crippen molar-refractivity contribution in [2.75, 3.05) is 5.32 Å². The number of anilines is 1. The standard InChI is InChI=1S/C15H15F3N4O/c1-9-3-2-4-12-19-14(21-22(9)12)20-13(23)10-5-7-11(8-6-10)15(16,17)18/h5-9H,2-4H2,1H3,(H,20,21,23). The third-order valence-corrected chi connectivity index (χ3v) is 3.84. The number of carbonyl (C=O) groups is 1. The lowest BCUT2D eigenvalue weighted by molar-refractivity contribution is -0.137. The molecule has 0 bridgehead atoms. The number of nitrogens with zero attached hydrogens (tertiary/aromatic N) is 3. The van der Waals surface area contributed by atoms with E-state index in [9.17, 15) is 18.0 Å². The van der Waals surface area contributed by atoms with Gasteiger partial charge in [0.1, 0.15) is 5.82 Å². The van der Waals surface area contributed by atoms with Crippen LogP contribution in [0, 0.1) is 0 Å². The number of alkyl halides is 3. The molecule has 0 fully saturated rings. The number of aromatic nitrogens is 3. The van der Waals surface area contributed by atoms with E-state index in [-0.39, 0.29) is 17.6 Å². The smallest absolute Gasteiger partial charge is 0.289 e. The van der Waals surface area contributed by atoms with Crippen molar-refractivity contribution in [1.29, 1.82) is 0 Å². The number of rotatable bonds is 2. The third kappa shape index (κ3) is 3.20. The van der Waals surface area contributed by atoms with Crippen molar-refractivity contribution < 1.29 is 18.0 Å². The summed E-state index contributed by atoms with van der Waals surface area (Å²) in [7, 11) is 0. The Balaban J connectivity index is 1.74. The van der Waals surface area contributed by atoms with Crippen molar-refractivity contribution in [3.63, 3.8) is 0 Å². The molecule has 122 valence electrons. The quantitative estimate of drug-likeness (QED) is 0.920. The predicted molar refractivity (Wildman–Crippen MR) is 77.1 cm³/mol. The molecule has 1 aliphatic heterocycles. The Morgan fingerprint density at radius 1 is 1.30 bits per heavy atom. The van der Waals surface area contributed by atoms with Gasteiger partial charge in [0, 0.05) is 12.0 Å². The minimum absolute atomic E-state index is 0.124. The summed E-state index contributed by atoms with van der Waals surface area (Å²) in [6.07, 6.45) is -1.60. The number of amides is 1. The van der Waals surface area contributed by atoms with Crippen LogP contribution in [0.2, 0.25) is 0 Å². The number of nitrogens with one attached hydrogen (secondary N) is 1. The average molecular weight is 324 g/mol. The van der Waals surface area contributed by atoms with Crippen LogP contribution in [0.4, 0.5) is 19.1 Å². The second kappa shape index (κ2) is 5.68. The molecule has 1 aromatic carbocycles. The van der Waals surface area contributed by atoms with Crippen LogP contribution in [-0.2, 0) is 12.6 Å². The fraction of sp³-hybridized carbons (Fsp3) is 0.400. The number of carbonyl (C=O) groups excluding carboxylic acids is 1. The Hall–Kier alpha value is -2.38. The van der Waals surface area contributed by atoms with Crippen LogP contribution in [0.1, 0.15) is 47.6 Å². The van der Waals surface area contributed by atoms with Gasteiger partial charge in [0.2, 0.25) is 5.95 Å². The average Bonchev–Trinajstić information content (AvgIpc) is 2.90. The highest BCUT2D eigenvalue weighted by molar-refractivity contribution is 6.03. The minimum Gasteiger partial charge on any atom is -0.289 e. The summed E-state index contributed by atoms with van der Waals surface area (Å²) in [5.74, 6) is 0.458. The number of halogens is 3. The molecule has 1 atom stereocenters. The molecule has 2 heterocycles. The molecule has 0 saturated heterocycles. The van der Waals surface area contributed by atoms with Gasteiger partial charge in [-0.2, -0.15) is 18.2 Å². The number of benzene rings is 1. The maximum absolute atomic E-state index is 12.5. The summed E-state index contributed by atoms with van der Waals surface area (Å²) in [5, 5.41) is 6.78. The predicted octanol–water partition coefficient (Wildman–Crippen LogP) is 3.45. The lowest BCUT2D eigenvalue weighted by atomic mass is 10.1. The fourth-order valence-electron chi connectivity index (χ4n) is 2.59. The van der Waals surface area contributed by atoms with Gasteiger partial charge in [-0.25, -0.2) is 4.68 Å². The number of fused-ring (bicyclic) bond motifs is 1. The second-order valence-corrected chi connectivity index (χ2v) is 5.57. The van der Waals surface area contributed by atoms with E-state index >= 15 is 0 Å². The zero-order chi connectivity index (χ0) is 16.6. The van der Waals surface area contributed by atoms with Crippen molar-refractivity contribution in [2.24, 2.45) is 0 Å². The van der Waals surface area contributed by atoms with E-state index in [4.69, 9.17) is 0 Å². The Bertz CT molecular complexity index is 721. The molecule has 5 nitrogen and oxygen atoms in total. The molecule has 0 radical (unpaired) electrons. The molecule has 23 heavy (non-hydrogen) atoms. The third-order valence-electron chi connectivity index (χ3n) is 3.84. The molecular formula is C15H15F3N4O. The maximum Gasteiger partial charge on any atom is 0.416 e. The molecule has 1 N–H and O–H groups in total. The van der Waals surface area contributed by atoms with E-state index in [1.807, 2.05) is 6.92 Å². The molecule has 0 aliphatic carbocycles. The Labute approximate surface area is 130 Å². The van der Waals surface area contributed by atoms with E-state index in [2.05, 4.69) is 15.4 Å². The first kappa shape index (κ1) is 15.5. The van der Waals surface area contributed by atoms with Gasteiger partial charge in [-0.1, -0.05) is 0 Å². The summed E-state index contributed by atoms with van der Waals surface area (Å²) >= 11 is 0. The second-order valence-electron chi connectivity index (χ2n) is 5.57. The van der Waals surface area contributed by atoms with Crippen molar-refractivity contribution in [1.82, 2.24) is 14.8 Å². The molecular weight excluding hydrogens is 309 g/mol. The Morgan fingerprint density at radius 3 is 2.61 bits per heavy atom. The summed E-state index contributed by atoms with van der Waals surface area (Å²) in [5.41, 5.74) is -0.669. The largest absolute Gasteiger partial charge is 0.416 e. The van der Waals surface area contributed by atoms with Crippen LogP contribution < -0.4 is 5.32 Å². The number of aryl methyl sites for hydroxylation is 1. The fourth-order valence-corrected chi connectivity index (χ4v) is 2.59. The van der Waals surface area contributed by atoms with Crippen LogP contribution in [0.5, 0.6) is 0 Å². The number of hydrogen-bond donors (Lipinski definition) is 1.